The molecular formula is C10H12BrN3O2. The van der Waals surface area contributed by atoms with Crippen LogP contribution in [0.3, 0.4) is 0 Å². The Labute approximate surface area is 102 Å². The number of hydrogen-bond acceptors (Lipinski definition) is 3. The molecule has 0 unspecified atom stereocenters. The third-order valence-corrected chi connectivity index (χ3v) is 2.45. The highest BCUT2D eigenvalue weighted by Crippen LogP contribution is 2.16. The summed E-state index contributed by atoms with van der Waals surface area (Å²) in [6.07, 6.45) is 1.57. The zero-order valence-electron chi connectivity index (χ0n) is 9.27. The van der Waals surface area contributed by atoms with Crippen molar-refractivity contribution >= 4 is 33.6 Å². The van der Waals surface area contributed by atoms with Crippen LogP contribution in [0.4, 0.5) is 5.82 Å². The third kappa shape index (κ3) is 2.79. The summed E-state index contributed by atoms with van der Waals surface area (Å²) < 4.78 is 0.810. The molecule has 0 saturated heterocycles. The molecule has 0 fully saturated rings. The molecule has 0 aliphatic rings. The Morgan fingerprint density at radius 3 is 2.25 bits per heavy atom. The van der Waals surface area contributed by atoms with Crippen molar-refractivity contribution in [1.82, 2.24) is 9.99 Å². The lowest BCUT2D eigenvalue weighted by Crippen LogP contribution is -2.46. The Morgan fingerprint density at radius 1 is 1.25 bits per heavy atom. The largest absolute Gasteiger partial charge is 0.273 e. The van der Waals surface area contributed by atoms with Crippen LogP contribution in [0.1, 0.15) is 13.8 Å². The van der Waals surface area contributed by atoms with Gasteiger partial charge in [-0.25, -0.2) is 15.0 Å². The molecule has 16 heavy (non-hydrogen) atoms. The quantitative estimate of drug-likeness (QED) is 0.737. The molecule has 1 heterocycles. The van der Waals surface area contributed by atoms with Gasteiger partial charge < -0.3 is 0 Å². The van der Waals surface area contributed by atoms with E-state index >= 15 is 0 Å². The fraction of sp³-hybridized carbons (Fsp3) is 0.300. The maximum atomic E-state index is 11.5. The molecule has 1 aromatic heterocycles. The van der Waals surface area contributed by atoms with Crippen molar-refractivity contribution in [2.24, 2.45) is 0 Å². The Bertz CT molecular complexity index is 405. The van der Waals surface area contributed by atoms with Gasteiger partial charge in [-0.2, -0.15) is 0 Å². The van der Waals surface area contributed by atoms with Gasteiger partial charge in [-0.15, -0.1) is 0 Å². The minimum Gasteiger partial charge on any atom is -0.273 e. The predicted octanol–water partition coefficient (Wildman–Crippen LogP) is 1.59. The van der Waals surface area contributed by atoms with Gasteiger partial charge in [-0.05, 0) is 28.1 Å². The van der Waals surface area contributed by atoms with Crippen molar-refractivity contribution in [3.05, 3.63) is 22.8 Å². The van der Waals surface area contributed by atoms with Crippen molar-refractivity contribution in [3.8, 4) is 0 Å². The summed E-state index contributed by atoms with van der Waals surface area (Å²) in [5.41, 5.74) is 0. The Morgan fingerprint density at radius 2 is 1.88 bits per heavy atom. The van der Waals surface area contributed by atoms with Gasteiger partial charge in [0.25, 0.3) is 0 Å². The molecule has 0 aromatic carbocycles. The van der Waals surface area contributed by atoms with E-state index in [-0.39, 0.29) is 11.8 Å². The van der Waals surface area contributed by atoms with Gasteiger partial charge in [0.2, 0.25) is 11.8 Å². The van der Waals surface area contributed by atoms with E-state index in [4.69, 9.17) is 0 Å². The van der Waals surface area contributed by atoms with Crippen molar-refractivity contribution in [3.63, 3.8) is 0 Å². The van der Waals surface area contributed by atoms with E-state index in [9.17, 15) is 9.59 Å². The molecule has 0 bridgehead atoms. The minimum absolute atomic E-state index is 0.236. The fourth-order valence-corrected chi connectivity index (χ4v) is 1.39. The van der Waals surface area contributed by atoms with E-state index in [2.05, 4.69) is 20.9 Å². The van der Waals surface area contributed by atoms with E-state index in [1.807, 2.05) is 0 Å². The second-order valence-electron chi connectivity index (χ2n) is 3.21. The molecule has 0 spiro atoms. The topological polar surface area (TPSA) is 53.5 Å². The number of hydrazine groups is 1. The second-order valence-corrected chi connectivity index (χ2v) is 4.12. The maximum absolute atomic E-state index is 11.5. The zero-order chi connectivity index (χ0) is 12.3. The van der Waals surface area contributed by atoms with Crippen LogP contribution < -0.4 is 5.01 Å². The summed E-state index contributed by atoms with van der Waals surface area (Å²) in [7, 11) is 1.52. The van der Waals surface area contributed by atoms with Gasteiger partial charge in [0.1, 0.15) is 0 Å². The lowest BCUT2D eigenvalue weighted by molar-refractivity contribution is -0.133. The van der Waals surface area contributed by atoms with E-state index < -0.39 is 0 Å². The predicted molar refractivity (Wildman–Crippen MR) is 63.5 cm³/mol. The number of pyridine rings is 1. The highest BCUT2D eigenvalue weighted by molar-refractivity contribution is 9.10. The Balaban J connectivity index is 3.07. The average molecular weight is 286 g/mol. The van der Waals surface area contributed by atoms with Crippen molar-refractivity contribution in [2.75, 3.05) is 12.1 Å². The standard InChI is InChI=1S/C10H12BrN3O2/c1-7(15)13(3)14(8(2)16)10-5-4-9(11)6-12-10/h4-6H,1-3H3. The second kappa shape index (κ2) is 5.07. The normalized spacial score (nSPS) is 9.75. The number of rotatable bonds is 1. The molecule has 0 N–H and O–H groups in total. The minimum atomic E-state index is -0.271. The number of carbonyl (C=O) groups excluding carboxylic acids is 2. The van der Waals surface area contributed by atoms with Gasteiger partial charge >= 0.3 is 0 Å². The SMILES string of the molecule is CC(=O)N(C)N(C(C)=O)c1ccc(Br)cn1. The van der Waals surface area contributed by atoms with Gasteiger partial charge in [0.15, 0.2) is 5.82 Å². The Kier molecular flexibility index (Phi) is 4.00. The molecule has 0 atom stereocenters. The maximum Gasteiger partial charge on any atom is 0.244 e. The molecule has 0 aliphatic carbocycles. The van der Waals surface area contributed by atoms with Crippen LogP contribution in [0.5, 0.6) is 0 Å². The monoisotopic (exact) mass is 285 g/mol. The van der Waals surface area contributed by atoms with E-state index in [1.165, 1.54) is 30.9 Å². The van der Waals surface area contributed by atoms with Crippen molar-refractivity contribution in [1.29, 1.82) is 0 Å². The summed E-state index contributed by atoms with van der Waals surface area (Å²) in [4.78, 5) is 26.7. The van der Waals surface area contributed by atoms with Crippen LogP contribution in [0.2, 0.25) is 0 Å². The average Bonchev–Trinajstić information content (AvgIpc) is 2.20. The van der Waals surface area contributed by atoms with Gasteiger partial charge in [0, 0.05) is 31.6 Å². The number of halogens is 1. The van der Waals surface area contributed by atoms with Crippen LogP contribution in [-0.4, -0.2) is 28.9 Å². The molecule has 0 aliphatic heterocycles. The summed E-state index contributed by atoms with van der Waals surface area (Å²) in [6.45, 7) is 2.76. The summed E-state index contributed by atoms with van der Waals surface area (Å²) in [6, 6.07) is 3.41. The molecule has 6 heteroatoms. The van der Waals surface area contributed by atoms with Crippen molar-refractivity contribution < 1.29 is 9.59 Å². The van der Waals surface area contributed by atoms with Gasteiger partial charge in [-0.3, -0.25) is 9.59 Å². The smallest absolute Gasteiger partial charge is 0.244 e. The number of carbonyl (C=O) groups is 2. The lowest BCUT2D eigenvalue weighted by atomic mass is 10.4. The first-order valence-corrected chi connectivity index (χ1v) is 5.39. The van der Waals surface area contributed by atoms with Crippen LogP contribution in [-0.2, 0) is 9.59 Å². The number of nitrogens with zero attached hydrogens (tertiary/aromatic N) is 3. The molecule has 0 saturated carbocycles. The molecule has 2 amide bonds. The first-order valence-electron chi connectivity index (χ1n) is 4.60. The van der Waals surface area contributed by atoms with Gasteiger partial charge in [-0.1, -0.05) is 0 Å². The lowest BCUT2D eigenvalue weighted by Gasteiger charge is -2.28. The fourth-order valence-electron chi connectivity index (χ4n) is 1.16. The van der Waals surface area contributed by atoms with E-state index in [0.717, 1.165) is 4.47 Å². The first kappa shape index (κ1) is 12.6. The highest BCUT2D eigenvalue weighted by Gasteiger charge is 2.19. The van der Waals surface area contributed by atoms with Crippen LogP contribution in [0.15, 0.2) is 22.8 Å². The van der Waals surface area contributed by atoms with Crippen molar-refractivity contribution in [2.45, 2.75) is 13.8 Å². The molecule has 1 rings (SSSR count). The van der Waals surface area contributed by atoms with Gasteiger partial charge in [0.05, 0.1) is 0 Å². The molecule has 0 radical (unpaired) electrons. The number of amides is 2. The molecule has 5 nitrogen and oxygen atoms in total. The van der Waals surface area contributed by atoms with Crippen LogP contribution in [0.25, 0.3) is 0 Å². The number of anilines is 1. The van der Waals surface area contributed by atoms with E-state index in [0.29, 0.717) is 5.82 Å². The number of aromatic nitrogens is 1. The molecular weight excluding hydrogens is 274 g/mol. The van der Waals surface area contributed by atoms with Crippen LogP contribution in [0, 0.1) is 0 Å². The summed E-state index contributed by atoms with van der Waals surface area (Å²) >= 11 is 3.25. The molecule has 86 valence electrons. The molecule has 1 aromatic rings. The van der Waals surface area contributed by atoms with Crippen LogP contribution >= 0.6 is 15.9 Å². The summed E-state index contributed by atoms with van der Waals surface area (Å²) in [5.74, 6) is -0.0964. The highest BCUT2D eigenvalue weighted by atomic mass is 79.9. The summed E-state index contributed by atoms with van der Waals surface area (Å²) in [5, 5.41) is 2.44. The number of hydrogen-bond donors (Lipinski definition) is 0. The first-order chi connectivity index (χ1) is 7.43. The third-order valence-electron chi connectivity index (χ3n) is 1.98. The van der Waals surface area contributed by atoms with E-state index in [1.54, 1.807) is 18.3 Å². The zero-order valence-corrected chi connectivity index (χ0v) is 10.9. The Hall–Kier alpha value is -1.43.